The van der Waals surface area contributed by atoms with E-state index in [0.29, 0.717) is 0 Å². The normalized spacial score (nSPS) is 10.9. The first-order chi connectivity index (χ1) is 9.61. The van der Waals surface area contributed by atoms with Crippen LogP contribution in [0.5, 0.6) is 0 Å². The molecule has 0 saturated heterocycles. The highest BCUT2D eigenvalue weighted by molar-refractivity contribution is 5.75. The number of nitro benzene ring substituents is 1. The van der Waals surface area contributed by atoms with E-state index in [1.165, 1.54) is 0 Å². The topological polar surface area (TPSA) is 133 Å². The Kier molecular flexibility index (Phi) is 3.62. The molecule has 1 heterocycles. The minimum absolute atomic E-state index is 0.0130. The first kappa shape index (κ1) is 13.1. The molecule has 1 aromatic heterocycles. The molecule has 2 N–H and O–H groups in total. The van der Waals surface area contributed by atoms with E-state index >= 15 is 0 Å². The van der Waals surface area contributed by atoms with Crippen molar-refractivity contribution < 1.29 is 9.31 Å². The van der Waals surface area contributed by atoms with Crippen LogP contribution in [0.4, 0.5) is 15.8 Å². The molecule has 0 atom stereocenters. The number of allylic oxidation sites excluding steroid dienone is 1. The van der Waals surface area contributed by atoms with E-state index in [4.69, 9.17) is 5.26 Å². The molecular weight excluding hydrogens is 269 g/mol. The van der Waals surface area contributed by atoms with E-state index in [1.807, 2.05) is 0 Å². The lowest BCUT2D eigenvalue weighted by atomic mass is 10.2. The van der Waals surface area contributed by atoms with Gasteiger partial charge in [0.25, 0.3) is 5.69 Å². The van der Waals surface area contributed by atoms with Crippen molar-refractivity contribution in [3.8, 4) is 6.07 Å². The summed E-state index contributed by atoms with van der Waals surface area (Å²) in [6.45, 7) is 0. The number of halogens is 1. The number of hydrogen-bond acceptors (Lipinski definition) is 7. The molecule has 0 bridgehead atoms. The fourth-order valence-electron chi connectivity index (χ4n) is 1.36. The first-order valence-corrected chi connectivity index (χ1v) is 5.16. The number of hydrogen-bond donors (Lipinski definition) is 2. The standard InChI is InChI=1S/C10H6FN7O2/c11-7-1-2-9(18(19)20)8(3-7)13-5-6(4-12)10-14-16-17-15-10/h1-3,5,13H,(H,14,15,16,17). The van der Waals surface area contributed by atoms with Crippen molar-refractivity contribution >= 4 is 16.9 Å². The van der Waals surface area contributed by atoms with E-state index in [1.54, 1.807) is 6.07 Å². The third kappa shape index (κ3) is 2.72. The summed E-state index contributed by atoms with van der Waals surface area (Å²) in [5, 5.41) is 34.8. The van der Waals surface area contributed by atoms with Crippen molar-refractivity contribution in [1.29, 1.82) is 5.26 Å². The van der Waals surface area contributed by atoms with Gasteiger partial charge in [0.15, 0.2) is 0 Å². The van der Waals surface area contributed by atoms with Gasteiger partial charge in [-0.2, -0.15) is 10.5 Å². The molecule has 0 saturated carbocycles. The molecular formula is C10H6FN7O2. The van der Waals surface area contributed by atoms with E-state index in [9.17, 15) is 14.5 Å². The van der Waals surface area contributed by atoms with Crippen molar-refractivity contribution in [2.75, 3.05) is 5.32 Å². The quantitative estimate of drug-likeness (QED) is 0.486. The summed E-state index contributed by atoms with van der Waals surface area (Å²) in [7, 11) is 0. The molecule has 0 aliphatic rings. The second kappa shape index (κ2) is 5.53. The summed E-state index contributed by atoms with van der Waals surface area (Å²) in [6, 6.07) is 4.72. The van der Waals surface area contributed by atoms with Crippen molar-refractivity contribution in [1.82, 2.24) is 20.6 Å². The molecule has 10 heteroatoms. The monoisotopic (exact) mass is 275 g/mol. The number of aromatic nitrogens is 4. The SMILES string of the molecule is N#CC(=CNc1cc(F)ccc1[N+](=O)[O-])c1nn[nH]n1. The van der Waals surface area contributed by atoms with Gasteiger partial charge in [0.1, 0.15) is 23.1 Å². The highest BCUT2D eigenvalue weighted by atomic mass is 19.1. The van der Waals surface area contributed by atoms with Gasteiger partial charge in [0.2, 0.25) is 5.82 Å². The van der Waals surface area contributed by atoms with Gasteiger partial charge < -0.3 is 5.32 Å². The first-order valence-electron chi connectivity index (χ1n) is 5.16. The summed E-state index contributed by atoms with van der Waals surface area (Å²) in [4.78, 5) is 10.1. The van der Waals surface area contributed by atoms with Crippen LogP contribution in [-0.2, 0) is 0 Å². The number of anilines is 1. The fourth-order valence-corrected chi connectivity index (χ4v) is 1.36. The number of tetrazole rings is 1. The second-order valence-corrected chi connectivity index (χ2v) is 3.47. The van der Waals surface area contributed by atoms with Crippen molar-refractivity contribution in [2.24, 2.45) is 0 Å². The van der Waals surface area contributed by atoms with E-state index in [-0.39, 0.29) is 22.8 Å². The Bertz CT molecular complexity index is 705. The number of aromatic amines is 1. The van der Waals surface area contributed by atoms with Gasteiger partial charge in [-0.25, -0.2) is 4.39 Å². The van der Waals surface area contributed by atoms with E-state index in [0.717, 1.165) is 24.4 Å². The highest BCUT2D eigenvalue weighted by Gasteiger charge is 2.14. The van der Waals surface area contributed by atoms with Crippen molar-refractivity contribution in [3.05, 3.63) is 46.2 Å². The second-order valence-electron chi connectivity index (χ2n) is 3.47. The van der Waals surface area contributed by atoms with Gasteiger partial charge in [0, 0.05) is 18.3 Å². The van der Waals surface area contributed by atoms with Crippen LogP contribution in [-0.4, -0.2) is 25.5 Å². The molecule has 0 aliphatic heterocycles. The zero-order chi connectivity index (χ0) is 14.5. The molecule has 0 fully saturated rings. The Labute approximate surface area is 110 Å². The predicted molar refractivity (Wildman–Crippen MR) is 64.4 cm³/mol. The van der Waals surface area contributed by atoms with Gasteiger partial charge in [-0.15, -0.1) is 10.2 Å². The van der Waals surface area contributed by atoms with Gasteiger partial charge >= 0.3 is 0 Å². The number of rotatable bonds is 4. The number of nitro groups is 1. The molecule has 2 rings (SSSR count). The van der Waals surface area contributed by atoms with Crippen LogP contribution in [0.3, 0.4) is 0 Å². The van der Waals surface area contributed by atoms with Crippen LogP contribution in [0.2, 0.25) is 0 Å². The lowest BCUT2D eigenvalue weighted by molar-refractivity contribution is -0.384. The number of nitriles is 1. The third-order valence-corrected chi connectivity index (χ3v) is 2.23. The fraction of sp³-hybridized carbons (Fsp3) is 0. The van der Waals surface area contributed by atoms with Gasteiger partial charge in [-0.3, -0.25) is 10.1 Å². The zero-order valence-corrected chi connectivity index (χ0v) is 9.74. The minimum Gasteiger partial charge on any atom is -0.355 e. The van der Waals surface area contributed by atoms with Crippen LogP contribution in [0.15, 0.2) is 24.4 Å². The van der Waals surface area contributed by atoms with Gasteiger partial charge in [-0.1, -0.05) is 0 Å². The molecule has 1 aromatic carbocycles. The predicted octanol–water partition coefficient (Wildman–Crippen LogP) is 1.22. The summed E-state index contributed by atoms with van der Waals surface area (Å²) < 4.78 is 13.1. The Morgan fingerprint density at radius 3 is 3.00 bits per heavy atom. The van der Waals surface area contributed by atoms with Crippen molar-refractivity contribution in [2.45, 2.75) is 0 Å². The van der Waals surface area contributed by atoms with Crippen LogP contribution < -0.4 is 5.32 Å². The summed E-state index contributed by atoms with van der Waals surface area (Å²) in [5.74, 6) is -0.636. The van der Waals surface area contributed by atoms with Crippen LogP contribution in [0, 0.1) is 27.3 Å². The average molecular weight is 275 g/mol. The molecule has 0 unspecified atom stereocenters. The molecule has 2 aromatic rings. The maximum Gasteiger partial charge on any atom is 0.292 e. The Morgan fingerprint density at radius 1 is 1.60 bits per heavy atom. The van der Waals surface area contributed by atoms with E-state index < -0.39 is 10.7 Å². The Morgan fingerprint density at radius 2 is 2.40 bits per heavy atom. The maximum absolute atomic E-state index is 13.1. The smallest absolute Gasteiger partial charge is 0.292 e. The lowest BCUT2D eigenvalue weighted by Gasteiger charge is -2.02. The zero-order valence-electron chi connectivity index (χ0n) is 9.74. The third-order valence-electron chi connectivity index (χ3n) is 2.23. The number of nitrogens with zero attached hydrogens (tertiary/aromatic N) is 5. The van der Waals surface area contributed by atoms with Gasteiger partial charge in [0.05, 0.1) is 4.92 Å². The number of benzene rings is 1. The Balaban J connectivity index is 2.33. The van der Waals surface area contributed by atoms with Gasteiger partial charge in [-0.05, 0) is 11.3 Å². The average Bonchev–Trinajstić information content (AvgIpc) is 2.93. The van der Waals surface area contributed by atoms with Crippen LogP contribution in [0.25, 0.3) is 5.57 Å². The summed E-state index contributed by atoms with van der Waals surface area (Å²) >= 11 is 0. The molecule has 0 spiro atoms. The molecule has 100 valence electrons. The maximum atomic E-state index is 13.1. The summed E-state index contributed by atoms with van der Waals surface area (Å²) in [5.41, 5.74) is -0.434. The molecule has 0 aliphatic carbocycles. The largest absolute Gasteiger partial charge is 0.355 e. The molecule has 9 nitrogen and oxygen atoms in total. The summed E-state index contributed by atoms with van der Waals surface area (Å²) in [6.07, 6.45) is 1.13. The van der Waals surface area contributed by atoms with Crippen LogP contribution >= 0.6 is 0 Å². The number of nitrogens with one attached hydrogen (secondary N) is 2. The molecule has 0 radical (unpaired) electrons. The molecule has 0 amide bonds. The van der Waals surface area contributed by atoms with Crippen LogP contribution in [0.1, 0.15) is 5.82 Å². The number of H-pyrrole nitrogens is 1. The highest BCUT2D eigenvalue weighted by Crippen LogP contribution is 2.25. The lowest BCUT2D eigenvalue weighted by Crippen LogP contribution is -1.98. The molecule has 20 heavy (non-hydrogen) atoms. The minimum atomic E-state index is -0.671. The Hall–Kier alpha value is -3.35. The van der Waals surface area contributed by atoms with E-state index in [2.05, 4.69) is 25.9 Å². The van der Waals surface area contributed by atoms with Crippen molar-refractivity contribution in [3.63, 3.8) is 0 Å².